The molecular formula is C6H5Br2N. The van der Waals surface area contributed by atoms with Gasteiger partial charge in [-0.15, -0.1) is 0 Å². The smallest absolute Gasteiger partial charge is 0.120 e. The Balaban J connectivity index is 3.26. The molecule has 0 saturated carbocycles. The van der Waals surface area contributed by atoms with Gasteiger partial charge in [0.25, 0.3) is 0 Å². The van der Waals surface area contributed by atoms with Crippen molar-refractivity contribution in [2.45, 2.75) is 6.85 Å². The largest absolute Gasteiger partial charge is 0.248 e. The van der Waals surface area contributed by atoms with Crippen LogP contribution in [0.5, 0.6) is 0 Å². The van der Waals surface area contributed by atoms with Gasteiger partial charge in [-0.25, -0.2) is 4.98 Å². The number of aromatic nitrogens is 1. The van der Waals surface area contributed by atoms with Crippen molar-refractivity contribution in [2.24, 2.45) is 0 Å². The maximum Gasteiger partial charge on any atom is 0.120 e. The van der Waals surface area contributed by atoms with Gasteiger partial charge in [0, 0.05) is 10.3 Å². The summed E-state index contributed by atoms with van der Waals surface area (Å²) in [6.45, 7) is -2.09. The molecule has 0 aliphatic rings. The van der Waals surface area contributed by atoms with E-state index in [0.29, 0.717) is 9.08 Å². The van der Waals surface area contributed by atoms with E-state index in [1.165, 1.54) is 12.3 Å². The van der Waals surface area contributed by atoms with Crippen molar-refractivity contribution in [3.63, 3.8) is 0 Å². The third kappa shape index (κ3) is 1.52. The topological polar surface area (TPSA) is 12.9 Å². The lowest BCUT2D eigenvalue weighted by Gasteiger charge is -1.96. The molecule has 1 aromatic heterocycles. The number of hydrogen-bond donors (Lipinski definition) is 0. The SMILES string of the molecule is [2H]C([2H])([2H])c1ccnc(Br)c1Br. The molecule has 1 heterocycles. The summed E-state index contributed by atoms with van der Waals surface area (Å²) < 4.78 is 22.5. The number of rotatable bonds is 0. The number of aryl methyl sites for hydroxylation is 1. The quantitative estimate of drug-likeness (QED) is 0.648. The van der Waals surface area contributed by atoms with Crippen LogP contribution < -0.4 is 0 Å². The number of halogens is 2. The monoisotopic (exact) mass is 252 g/mol. The van der Waals surface area contributed by atoms with Crippen LogP contribution in [0.25, 0.3) is 0 Å². The number of hydrogen-bond acceptors (Lipinski definition) is 1. The maximum atomic E-state index is 7.17. The Morgan fingerprint density at radius 2 is 2.44 bits per heavy atom. The molecule has 0 fully saturated rings. The van der Waals surface area contributed by atoms with Crippen molar-refractivity contribution in [2.75, 3.05) is 0 Å². The summed E-state index contributed by atoms with van der Waals surface area (Å²) in [5, 5.41) is 0. The van der Waals surface area contributed by atoms with Gasteiger partial charge in [0.2, 0.25) is 0 Å². The normalized spacial score (nSPS) is 16.0. The van der Waals surface area contributed by atoms with Gasteiger partial charge >= 0.3 is 0 Å². The first-order valence-corrected chi connectivity index (χ1v) is 3.82. The summed E-state index contributed by atoms with van der Waals surface area (Å²) >= 11 is 6.28. The molecule has 0 bridgehead atoms. The fourth-order valence-electron chi connectivity index (χ4n) is 0.418. The first kappa shape index (κ1) is 4.09. The Morgan fingerprint density at radius 3 is 3.00 bits per heavy atom. The van der Waals surface area contributed by atoms with Gasteiger partial charge in [-0.2, -0.15) is 0 Å². The van der Waals surface area contributed by atoms with Crippen LogP contribution in [0.4, 0.5) is 0 Å². The molecule has 0 N–H and O–H groups in total. The fourth-order valence-corrected chi connectivity index (χ4v) is 0.985. The summed E-state index contributed by atoms with van der Waals surface area (Å²) in [7, 11) is 0. The van der Waals surface area contributed by atoms with E-state index in [2.05, 4.69) is 36.8 Å². The van der Waals surface area contributed by atoms with Crippen LogP contribution >= 0.6 is 31.9 Å². The molecule has 0 amide bonds. The molecule has 48 valence electrons. The minimum absolute atomic E-state index is 0.268. The summed E-state index contributed by atoms with van der Waals surface area (Å²) in [5.41, 5.74) is 0.268. The van der Waals surface area contributed by atoms with E-state index in [1.54, 1.807) is 0 Å². The highest BCUT2D eigenvalue weighted by molar-refractivity contribution is 9.13. The van der Waals surface area contributed by atoms with Crippen LogP contribution in [0.1, 0.15) is 9.68 Å². The molecule has 1 nitrogen and oxygen atoms in total. The second-order valence-corrected chi connectivity index (χ2v) is 3.01. The molecule has 1 aromatic rings. The van der Waals surface area contributed by atoms with E-state index < -0.39 is 6.85 Å². The molecule has 0 atom stereocenters. The average Bonchev–Trinajstić information content (AvgIpc) is 1.92. The molecule has 0 aliphatic heterocycles. The molecule has 3 heteroatoms. The van der Waals surface area contributed by atoms with E-state index >= 15 is 0 Å². The van der Waals surface area contributed by atoms with Gasteiger partial charge in [0.1, 0.15) is 4.60 Å². The Hall–Kier alpha value is 0.110. The lowest BCUT2D eigenvalue weighted by molar-refractivity contribution is 1.21. The summed E-state index contributed by atoms with van der Waals surface area (Å²) in [5.74, 6) is 0. The molecule has 1 rings (SSSR count). The van der Waals surface area contributed by atoms with Gasteiger partial charge in [-0.05, 0) is 50.3 Å². The first-order valence-electron chi connectivity index (χ1n) is 3.73. The van der Waals surface area contributed by atoms with Crippen molar-refractivity contribution in [1.82, 2.24) is 4.98 Å². The van der Waals surface area contributed by atoms with Crippen molar-refractivity contribution < 1.29 is 4.11 Å². The number of pyridine rings is 1. The van der Waals surface area contributed by atoms with Crippen molar-refractivity contribution in [3.8, 4) is 0 Å². The molecule has 0 aromatic carbocycles. The minimum atomic E-state index is -2.09. The van der Waals surface area contributed by atoms with E-state index in [0.717, 1.165) is 0 Å². The highest BCUT2D eigenvalue weighted by Crippen LogP contribution is 2.22. The van der Waals surface area contributed by atoms with Crippen LogP contribution in [0.2, 0.25) is 0 Å². The highest BCUT2D eigenvalue weighted by atomic mass is 79.9. The van der Waals surface area contributed by atoms with Gasteiger partial charge in [0.15, 0.2) is 0 Å². The number of nitrogens with zero attached hydrogens (tertiary/aromatic N) is 1. The molecule has 0 spiro atoms. The van der Waals surface area contributed by atoms with Gasteiger partial charge in [-0.3, -0.25) is 0 Å². The van der Waals surface area contributed by atoms with Gasteiger partial charge in [0.05, 0.1) is 4.47 Å². The van der Waals surface area contributed by atoms with Crippen LogP contribution in [0.3, 0.4) is 0 Å². The molecule has 0 aliphatic carbocycles. The lowest BCUT2D eigenvalue weighted by Crippen LogP contribution is -1.79. The zero-order chi connectivity index (χ0) is 9.35. The molecule has 0 radical (unpaired) electrons. The fraction of sp³-hybridized carbons (Fsp3) is 0.167. The second-order valence-electron chi connectivity index (χ2n) is 1.46. The predicted molar refractivity (Wildman–Crippen MR) is 44.4 cm³/mol. The Kier molecular flexibility index (Phi) is 1.27. The third-order valence-corrected chi connectivity index (χ3v) is 2.78. The van der Waals surface area contributed by atoms with Crippen LogP contribution in [-0.2, 0) is 0 Å². The maximum absolute atomic E-state index is 7.17. The molecule has 0 saturated heterocycles. The third-order valence-electron chi connectivity index (χ3n) is 0.847. The summed E-state index contributed by atoms with van der Waals surface area (Å²) in [6.07, 6.45) is 1.45. The molecule has 0 unspecified atom stereocenters. The standard InChI is InChI=1S/C6H5Br2N/c1-4-2-3-9-6(8)5(4)7/h2-3H,1H3/i1D3. The Morgan fingerprint density at radius 1 is 1.67 bits per heavy atom. The minimum Gasteiger partial charge on any atom is -0.248 e. The average molecular weight is 254 g/mol. The molecule has 9 heavy (non-hydrogen) atoms. The van der Waals surface area contributed by atoms with Gasteiger partial charge in [-0.1, -0.05) is 0 Å². The van der Waals surface area contributed by atoms with Crippen molar-refractivity contribution >= 4 is 31.9 Å². The van der Waals surface area contributed by atoms with E-state index in [1.807, 2.05) is 0 Å². The first-order chi connectivity index (χ1) is 5.43. The van der Waals surface area contributed by atoms with Gasteiger partial charge < -0.3 is 0 Å². The van der Waals surface area contributed by atoms with E-state index in [4.69, 9.17) is 4.11 Å². The highest BCUT2D eigenvalue weighted by Gasteiger charge is 1.97. The van der Waals surface area contributed by atoms with Crippen LogP contribution in [0, 0.1) is 6.85 Å². The predicted octanol–water partition coefficient (Wildman–Crippen LogP) is 2.92. The van der Waals surface area contributed by atoms with E-state index in [9.17, 15) is 0 Å². The van der Waals surface area contributed by atoms with E-state index in [-0.39, 0.29) is 5.56 Å². The van der Waals surface area contributed by atoms with Crippen LogP contribution in [-0.4, -0.2) is 4.98 Å². The lowest BCUT2D eigenvalue weighted by atomic mass is 10.3. The summed E-state index contributed by atoms with van der Waals surface area (Å²) in [4.78, 5) is 3.87. The van der Waals surface area contributed by atoms with Crippen LogP contribution in [0.15, 0.2) is 21.3 Å². The Bertz CT molecular complexity index is 297. The molecular weight excluding hydrogens is 246 g/mol. The van der Waals surface area contributed by atoms with Crippen molar-refractivity contribution in [1.29, 1.82) is 0 Å². The zero-order valence-corrected chi connectivity index (χ0v) is 7.53. The Labute approximate surface area is 75.0 Å². The zero-order valence-electron chi connectivity index (χ0n) is 7.36. The summed E-state index contributed by atoms with van der Waals surface area (Å²) in [6, 6.07) is 1.47. The van der Waals surface area contributed by atoms with Crippen molar-refractivity contribution in [3.05, 3.63) is 26.9 Å². The second kappa shape index (κ2) is 2.80.